The zero-order valence-corrected chi connectivity index (χ0v) is 10.3. The second kappa shape index (κ2) is 4.31. The number of fused-ring (bicyclic) bond motifs is 1. The van der Waals surface area contributed by atoms with E-state index in [2.05, 4.69) is 4.98 Å². The molecule has 19 heavy (non-hydrogen) atoms. The summed E-state index contributed by atoms with van der Waals surface area (Å²) in [7, 11) is 0. The monoisotopic (exact) mass is 254 g/mol. The Labute approximate surface area is 109 Å². The smallest absolute Gasteiger partial charge is 0.195 e. The number of carbonyl (C=O) groups excluding carboxylic acids is 1. The molecule has 0 atom stereocenters. The Bertz CT molecular complexity index is 759. The molecule has 0 bridgehead atoms. The minimum absolute atomic E-state index is 0.102. The molecular weight excluding hydrogens is 243 g/mol. The highest BCUT2D eigenvalue weighted by Crippen LogP contribution is 2.25. The summed E-state index contributed by atoms with van der Waals surface area (Å²) in [6.07, 6.45) is 1.80. The highest BCUT2D eigenvalue weighted by molar-refractivity contribution is 5.94. The maximum absolute atomic E-state index is 13.0. The number of Topliss-reactive ketones (excluding diaryl/α,β-unsaturated/α-hetero) is 1. The SMILES string of the molecule is CC(=O)c1nc(-c2ccc(F)cc2)c2ccccn12. The number of imidazole rings is 1. The van der Waals surface area contributed by atoms with Crippen LogP contribution in [0.4, 0.5) is 4.39 Å². The number of pyridine rings is 1. The van der Waals surface area contributed by atoms with Crippen molar-refractivity contribution in [1.29, 1.82) is 0 Å². The van der Waals surface area contributed by atoms with Crippen molar-refractivity contribution in [2.45, 2.75) is 6.92 Å². The van der Waals surface area contributed by atoms with E-state index in [0.29, 0.717) is 11.5 Å². The number of carbonyl (C=O) groups is 1. The fraction of sp³-hybridized carbons (Fsp3) is 0.0667. The third-order valence-corrected chi connectivity index (χ3v) is 2.98. The van der Waals surface area contributed by atoms with Crippen molar-refractivity contribution in [3.05, 3.63) is 60.3 Å². The van der Waals surface area contributed by atoms with Crippen LogP contribution in [0, 0.1) is 5.82 Å². The molecule has 2 aromatic heterocycles. The molecule has 0 aliphatic carbocycles. The average Bonchev–Trinajstić information content (AvgIpc) is 2.79. The van der Waals surface area contributed by atoms with Crippen LogP contribution in [0.5, 0.6) is 0 Å². The number of ketones is 1. The van der Waals surface area contributed by atoms with E-state index in [9.17, 15) is 9.18 Å². The maximum atomic E-state index is 13.0. The van der Waals surface area contributed by atoms with Crippen LogP contribution in [-0.4, -0.2) is 15.2 Å². The predicted molar refractivity (Wildman–Crippen MR) is 70.6 cm³/mol. The van der Waals surface area contributed by atoms with Crippen molar-refractivity contribution in [1.82, 2.24) is 9.38 Å². The maximum Gasteiger partial charge on any atom is 0.195 e. The zero-order chi connectivity index (χ0) is 13.4. The van der Waals surface area contributed by atoms with Crippen LogP contribution >= 0.6 is 0 Å². The van der Waals surface area contributed by atoms with Gasteiger partial charge in [0, 0.05) is 18.7 Å². The molecular formula is C15H11FN2O. The Morgan fingerprint density at radius 3 is 2.58 bits per heavy atom. The quantitative estimate of drug-likeness (QED) is 0.657. The van der Waals surface area contributed by atoms with Gasteiger partial charge in [0.25, 0.3) is 0 Å². The Balaban J connectivity index is 2.29. The summed E-state index contributed by atoms with van der Waals surface area (Å²) in [5.41, 5.74) is 2.31. The van der Waals surface area contributed by atoms with Gasteiger partial charge in [0.2, 0.25) is 0 Å². The second-order valence-electron chi connectivity index (χ2n) is 4.30. The predicted octanol–water partition coefficient (Wildman–Crippen LogP) is 3.34. The minimum atomic E-state index is -0.293. The van der Waals surface area contributed by atoms with Crippen molar-refractivity contribution < 1.29 is 9.18 Å². The first kappa shape index (κ1) is 11.6. The molecule has 3 aromatic rings. The number of hydrogen-bond acceptors (Lipinski definition) is 2. The first-order valence-electron chi connectivity index (χ1n) is 5.91. The molecule has 0 spiro atoms. The van der Waals surface area contributed by atoms with E-state index < -0.39 is 0 Å². The van der Waals surface area contributed by atoms with E-state index in [0.717, 1.165) is 11.1 Å². The summed E-state index contributed by atoms with van der Waals surface area (Å²) >= 11 is 0. The van der Waals surface area contributed by atoms with Crippen molar-refractivity contribution in [2.75, 3.05) is 0 Å². The molecule has 0 saturated heterocycles. The molecule has 2 heterocycles. The van der Waals surface area contributed by atoms with Gasteiger partial charge in [-0.25, -0.2) is 9.37 Å². The fourth-order valence-electron chi connectivity index (χ4n) is 2.11. The Morgan fingerprint density at radius 2 is 1.89 bits per heavy atom. The summed E-state index contributed by atoms with van der Waals surface area (Å²) in [4.78, 5) is 16.0. The molecule has 0 radical (unpaired) electrons. The lowest BCUT2D eigenvalue weighted by molar-refractivity contribution is 0.100. The van der Waals surface area contributed by atoms with Gasteiger partial charge >= 0.3 is 0 Å². The number of benzene rings is 1. The molecule has 0 unspecified atom stereocenters. The van der Waals surface area contributed by atoms with Crippen LogP contribution in [0.15, 0.2) is 48.7 Å². The van der Waals surface area contributed by atoms with E-state index in [1.165, 1.54) is 19.1 Å². The van der Waals surface area contributed by atoms with Crippen molar-refractivity contribution in [3.63, 3.8) is 0 Å². The van der Waals surface area contributed by atoms with Crippen LogP contribution < -0.4 is 0 Å². The summed E-state index contributed by atoms with van der Waals surface area (Å²) in [5.74, 6) is -0.0106. The third-order valence-electron chi connectivity index (χ3n) is 2.98. The highest BCUT2D eigenvalue weighted by Gasteiger charge is 2.14. The van der Waals surface area contributed by atoms with E-state index in [1.807, 2.05) is 18.2 Å². The lowest BCUT2D eigenvalue weighted by Crippen LogP contribution is -1.99. The summed E-state index contributed by atoms with van der Waals surface area (Å²) < 4.78 is 14.7. The number of aromatic nitrogens is 2. The zero-order valence-electron chi connectivity index (χ0n) is 10.3. The topological polar surface area (TPSA) is 34.4 Å². The molecule has 0 aliphatic heterocycles. The van der Waals surface area contributed by atoms with Crippen LogP contribution in [0.3, 0.4) is 0 Å². The molecule has 0 amide bonds. The largest absolute Gasteiger partial charge is 0.297 e. The van der Waals surface area contributed by atoms with Gasteiger partial charge in [-0.3, -0.25) is 9.20 Å². The summed E-state index contributed by atoms with van der Waals surface area (Å²) in [6, 6.07) is 11.7. The average molecular weight is 254 g/mol. The summed E-state index contributed by atoms with van der Waals surface area (Å²) in [6.45, 7) is 1.48. The molecule has 94 valence electrons. The van der Waals surface area contributed by atoms with Gasteiger partial charge in [-0.05, 0) is 36.4 Å². The lowest BCUT2D eigenvalue weighted by Gasteiger charge is -1.98. The number of rotatable bonds is 2. The molecule has 3 nitrogen and oxygen atoms in total. The highest BCUT2D eigenvalue weighted by atomic mass is 19.1. The Hall–Kier alpha value is -2.49. The number of halogens is 1. The molecule has 4 heteroatoms. The molecule has 0 saturated carbocycles. The number of nitrogens with zero attached hydrogens (tertiary/aromatic N) is 2. The van der Waals surface area contributed by atoms with Gasteiger partial charge in [-0.15, -0.1) is 0 Å². The van der Waals surface area contributed by atoms with Gasteiger partial charge in [0.05, 0.1) is 11.2 Å². The second-order valence-corrected chi connectivity index (χ2v) is 4.30. The van der Waals surface area contributed by atoms with Crippen LogP contribution in [0.2, 0.25) is 0 Å². The first-order chi connectivity index (χ1) is 9.16. The number of hydrogen-bond donors (Lipinski definition) is 0. The van der Waals surface area contributed by atoms with E-state index >= 15 is 0 Å². The van der Waals surface area contributed by atoms with Crippen molar-refractivity contribution in [3.8, 4) is 11.3 Å². The first-order valence-corrected chi connectivity index (χ1v) is 5.91. The minimum Gasteiger partial charge on any atom is -0.297 e. The standard InChI is InChI=1S/C15H11FN2O/c1-10(19)15-17-14(11-5-7-12(16)8-6-11)13-4-2-3-9-18(13)15/h2-9H,1H3. The van der Waals surface area contributed by atoms with Gasteiger partial charge in [0.15, 0.2) is 11.6 Å². The van der Waals surface area contributed by atoms with E-state index in [1.54, 1.807) is 22.7 Å². The Morgan fingerprint density at radius 1 is 1.16 bits per heavy atom. The molecule has 1 aromatic carbocycles. The van der Waals surface area contributed by atoms with E-state index in [4.69, 9.17) is 0 Å². The van der Waals surface area contributed by atoms with Crippen LogP contribution in [0.25, 0.3) is 16.8 Å². The van der Waals surface area contributed by atoms with Crippen molar-refractivity contribution in [2.24, 2.45) is 0 Å². The molecule has 3 rings (SSSR count). The van der Waals surface area contributed by atoms with Gasteiger partial charge in [-0.2, -0.15) is 0 Å². The molecule has 0 aliphatic rings. The van der Waals surface area contributed by atoms with Crippen molar-refractivity contribution >= 4 is 11.3 Å². The Kier molecular flexibility index (Phi) is 2.63. The van der Waals surface area contributed by atoms with Gasteiger partial charge < -0.3 is 0 Å². The normalized spacial score (nSPS) is 10.8. The van der Waals surface area contributed by atoms with Crippen LogP contribution in [0.1, 0.15) is 17.5 Å². The van der Waals surface area contributed by atoms with E-state index in [-0.39, 0.29) is 11.6 Å². The van der Waals surface area contributed by atoms with Crippen LogP contribution in [-0.2, 0) is 0 Å². The fourth-order valence-corrected chi connectivity index (χ4v) is 2.11. The third kappa shape index (κ3) is 1.91. The molecule has 0 N–H and O–H groups in total. The lowest BCUT2D eigenvalue weighted by atomic mass is 10.1. The van der Waals surface area contributed by atoms with Gasteiger partial charge in [-0.1, -0.05) is 6.07 Å². The molecule has 0 fully saturated rings. The van der Waals surface area contributed by atoms with Gasteiger partial charge in [0.1, 0.15) is 5.82 Å². The summed E-state index contributed by atoms with van der Waals surface area (Å²) in [5, 5.41) is 0.